The van der Waals surface area contributed by atoms with Crippen molar-refractivity contribution >= 4 is 63.8 Å². The Morgan fingerprint density at radius 3 is 1.56 bits per heavy atom. The van der Waals surface area contributed by atoms with Gasteiger partial charge in [-0.1, -0.05) is 190 Å². The molecule has 0 atom stereocenters. The highest BCUT2D eigenvalue weighted by atomic mass is 32.1. The number of fused-ring (bicyclic) bond motifs is 12. The van der Waals surface area contributed by atoms with Gasteiger partial charge < -0.3 is 0 Å². The number of hydrogen-bond acceptors (Lipinski definition) is 4. The molecule has 1 aliphatic carbocycles. The summed E-state index contributed by atoms with van der Waals surface area (Å²) < 4.78 is 2.56. The van der Waals surface area contributed by atoms with E-state index >= 15 is 0 Å². The van der Waals surface area contributed by atoms with E-state index in [0.717, 1.165) is 22.3 Å². The second-order valence-corrected chi connectivity index (χ2v) is 18.6. The van der Waals surface area contributed by atoms with Gasteiger partial charge in [-0.25, -0.2) is 15.0 Å². The molecule has 2 heterocycles. The zero-order valence-electron chi connectivity index (χ0n) is 35.3. The third-order valence-corrected chi connectivity index (χ3v) is 14.7. The van der Waals surface area contributed by atoms with Gasteiger partial charge in [0.2, 0.25) is 0 Å². The Morgan fingerprint density at radius 1 is 0.328 bits per heavy atom. The Labute approximate surface area is 375 Å². The lowest BCUT2D eigenvalue weighted by Crippen LogP contribution is -2.17. The number of thiophene rings is 1. The molecular weight excluding hydrogens is 795 g/mol. The average Bonchev–Trinajstić information content (AvgIpc) is 3.85. The van der Waals surface area contributed by atoms with E-state index in [9.17, 15) is 0 Å². The monoisotopic (exact) mass is 833 g/mol. The molecule has 300 valence electrons. The van der Waals surface area contributed by atoms with Crippen molar-refractivity contribution in [1.29, 1.82) is 0 Å². The first-order valence-electron chi connectivity index (χ1n) is 21.9. The maximum atomic E-state index is 5.26. The molecule has 0 saturated carbocycles. The molecule has 3 nitrogen and oxygen atoms in total. The molecule has 0 amide bonds. The fourth-order valence-corrected chi connectivity index (χ4v) is 11.6. The normalized spacial score (nSPS) is 13.0. The van der Waals surface area contributed by atoms with Gasteiger partial charge in [-0.15, -0.1) is 11.3 Å². The summed E-state index contributed by atoms with van der Waals surface area (Å²) in [6, 6.07) is 72.6. The molecule has 12 aromatic rings. The summed E-state index contributed by atoms with van der Waals surface area (Å²) in [5.74, 6) is 2.00. The van der Waals surface area contributed by atoms with Crippen molar-refractivity contribution in [2.45, 2.75) is 19.3 Å². The predicted octanol–water partition coefficient (Wildman–Crippen LogP) is 16.3. The molecular formula is C60H39N3S. The minimum Gasteiger partial charge on any atom is -0.208 e. The van der Waals surface area contributed by atoms with Crippen molar-refractivity contribution in [3.05, 3.63) is 211 Å². The minimum absolute atomic E-state index is 0.211. The fourth-order valence-electron chi connectivity index (χ4n) is 10.5. The van der Waals surface area contributed by atoms with Crippen LogP contribution < -0.4 is 0 Å². The van der Waals surface area contributed by atoms with E-state index in [2.05, 4.69) is 196 Å². The van der Waals surface area contributed by atoms with E-state index in [4.69, 9.17) is 15.0 Å². The molecule has 4 heteroatoms. The zero-order valence-corrected chi connectivity index (χ0v) is 36.1. The lowest BCUT2D eigenvalue weighted by atomic mass is 9.80. The topological polar surface area (TPSA) is 38.7 Å². The molecule has 64 heavy (non-hydrogen) atoms. The molecule has 0 saturated heterocycles. The van der Waals surface area contributed by atoms with E-state index in [-0.39, 0.29) is 5.41 Å². The number of aromatic nitrogens is 3. The summed E-state index contributed by atoms with van der Waals surface area (Å²) in [7, 11) is 0. The van der Waals surface area contributed by atoms with Crippen LogP contribution in [0.15, 0.2) is 200 Å². The van der Waals surface area contributed by atoms with Gasteiger partial charge >= 0.3 is 0 Å². The van der Waals surface area contributed by atoms with Gasteiger partial charge in [-0.3, -0.25) is 0 Å². The van der Waals surface area contributed by atoms with Crippen molar-refractivity contribution in [2.24, 2.45) is 0 Å². The fraction of sp³-hybridized carbons (Fsp3) is 0.0500. The van der Waals surface area contributed by atoms with Gasteiger partial charge in [0.15, 0.2) is 17.5 Å². The molecule has 1 aliphatic rings. The van der Waals surface area contributed by atoms with Crippen LogP contribution in [-0.2, 0) is 5.41 Å². The number of nitrogens with zero attached hydrogens (tertiary/aromatic N) is 3. The Bertz CT molecular complexity index is 3830. The van der Waals surface area contributed by atoms with Crippen LogP contribution in [-0.4, -0.2) is 15.0 Å². The number of rotatable bonds is 5. The first-order valence-corrected chi connectivity index (χ1v) is 22.7. The molecule has 0 spiro atoms. The van der Waals surface area contributed by atoms with Gasteiger partial charge in [0.05, 0.1) is 0 Å². The van der Waals surface area contributed by atoms with Crippen LogP contribution in [0.1, 0.15) is 25.0 Å². The lowest BCUT2D eigenvalue weighted by Gasteiger charge is -2.24. The highest BCUT2D eigenvalue weighted by molar-refractivity contribution is 7.26. The van der Waals surface area contributed by atoms with Crippen molar-refractivity contribution in [2.75, 3.05) is 0 Å². The molecule has 0 fully saturated rings. The summed E-state index contributed by atoms with van der Waals surface area (Å²) in [4.78, 5) is 15.6. The van der Waals surface area contributed by atoms with Crippen LogP contribution in [0.5, 0.6) is 0 Å². The van der Waals surface area contributed by atoms with Crippen LogP contribution in [0.25, 0.3) is 120 Å². The smallest absolute Gasteiger partial charge is 0.164 e. The van der Waals surface area contributed by atoms with E-state index in [1.54, 1.807) is 0 Å². The average molecular weight is 834 g/mol. The van der Waals surface area contributed by atoms with Gasteiger partial charge in [0.25, 0.3) is 0 Å². The molecule has 2 aromatic heterocycles. The lowest BCUT2D eigenvalue weighted by molar-refractivity contribution is 0.661. The second kappa shape index (κ2) is 14.1. The quantitative estimate of drug-likeness (QED) is 0.162. The summed E-state index contributed by atoms with van der Waals surface area (Å²) >= 11 is 1.86. The number of hydrogen-bond donors (Lipinski definition) is 0. The molecule has 0 radical (unpaired) electrons. The molecule has 0 N–H and O–H groups in total. The third kappa shape index (κ3) is 5.62. The van der Waals surface area contributed by atoms with E-state index in [1.807, 2.05) is 29.5 Å². The largest absolute Gasteiger partial charge is 0.208 e. The van der Waals surface area contributed by atoms with Crippen LogP contribution >= 0.6 is 11.3 Å². The summed E-state index contributed by atoms with van der Waals surface area (Å²) in [6.45, 7) is 4.62. The number of benzene rings is 10. The first-order chi connectivity index (χ1) is 31.5. The van der Waals surface area contributed by atoms with Gasteiger partial charge in [0.1, 0.15) is 0 Å². The maximum absolute atomic E-state index is 5.26. The van der Waals surface area contributed by atoms with Crippen LogP contribution in [0.2, 0.25) is 0 Å². The standard InChI is InChI=1S/C60H39N3S/c1-60(2)52-24-11-10-20-47(52)48-22-12-23-49(56(48)60)59-62-57(37-14-4-3-5-15-37)61-58(63-59)38-28-26-36(27-29-38)41-21-13-25-54-55(41)51-35-40(31-33-53(51)64-54)39-30-32-46-44-18-7-6-16-42(44)43-17-8-9-19-45(43)50(46)34-39/h3-35H,1-2H3. The van der Waals surface area contributed by atoms with Crippen molar-refractivity contribution in [3.63, 3.8) is 0 Å². The van der Waals surface area contributed by atoms with E-state index in [1.165, 1.54) is 91.4 Å². The summed E-state index contributed by atoms with van der Waals surface area (Å²) in [5.41, 5.74) is 12.6. The highest BCUT2D eigenvalue weighted by Crippen LogP contribution is 2.52. The Hall–Kier alpha value is -7.79. The predicted molar refractivity (Wildman–Crippen MR) is 270 cm³/mol. The Balaban J connectivity index is 0.917. The Morgan fingerprint density at radius 2 is 0.828 bits per heavy atom. The second-order valence-electron chi connectivity index (χ2n) is 17.5. The maximum Gasteiger partial charge on any atom is 0.164 e. The van der Waals surface area contributed by atoms with Crippen molar-refractivity contribution < 1.29 is 0 Å². The van der Waals surface area contributed by atoms with Gasteiger partial charge in [-0.05, 0) is 101 Å². The summed E-state index contributed by atoms with van der Waals surface area (Å²) in [5, 5.41) is 10.3. The van der Waals surface area contributed by atoms with Crippen molar-refractivity contribution in [3.8, 4) is 67.5 Å². The van der Waals surface area contributed by atoms with Gasteiger partial charge in [-0.2, -0.15) is 0 Å². The molecule has 10 aromatic carbocycles. The third-order valence-electron chi connectivity index (χ3n) is 13.5. The molecule has 0 bridgehead atoms. The Kier molecular flexibility index (Phi) is 8.12. The molecule has 0 aliphatic heterocycles. The molecule has 13 rings (SSSR count). The van der Waals surface area contributed by atoms with E-state index < -0.39 is 0 Å². The first kappa shape index (κ1) is 36.8. The van der Waals surface area contributed by atoms with E-state index in [0.29, 0.717) is 17.5 Å². The van der Waals surface area contributed by atoms with Crippen molar-refractivity contribution in [1.82, 2.24) is 15.0 Å². The van der Waals surface area contributed by atoms with Crippen LogP contribution in [0, 0.1) is 0 Å². The molecule has 0 unspecified atom stereocenters. The summed E-state index contributed by atoms with van der Waals surface area (Å²) in [6.07, 6.45) is 0. The highest BCUT2D eigenvalue weighted by Gasteiger charge is 2.38. The van der Waals surface area contributed by atoms with Crippen LogP contribution in [0.3, 0.4) is 0 Å². The van der Waals surface area contributed by atoms with Gasteiger partial charge in [0, 0.05) is 42.3 Å². The van der Waals surface area contributed by atoms with Crippen LogP contribution in [0.4, 0.5) is 0 Å². The zero-order chi connectivity index (χ0) is 42.5. The minimum atomic E-state index is -0.211. The SMILES string of the molecule is CC1(C)c2ccccc2-c2cccc(-c3nc(-c4ccccc4)nc(-c4ccc(-c5cccc6sc7ccc(-c8ccc9c%10ccccc%10c%10ccccc%10c9c8)cc7c56)cc4)n3)c21.